The van der Waals surface area contributed by atoms with Crippen molar-refractivity contribution < 1.29 is 58.4 Å². The van der Waals surface area contributed by atoms with E-state index in [-0.39, 0.29) is 95.1 Å². The number of fused-ring (bicyclic) bond motifs is 2. The van der Waals surface area contributed by atoms with Crippen molar-refractivity contribution in [2.45, 2.75) is 69.3 Å². The number of carbonyl (C=O) groups excluding carboxylic acids is 2. The molecule has 1 aliphatic heterocycles. The van der Waals surface area contributed by atoms with Gasteiger partial charge in [-0.05, 0) is 91.1 Å². The number of nitro groups is 1. The van der Waals surface area contributed by atoms with Crippen LogP contribution in [0.15, 0.2) is 96.2 Å². The van der Waals surface area contributed by atoms with E-state index in [1.165, 1.54) is 17.0 Å². The molecule has 16 nitrogen and oxygen atoms in total. The highest BCUT2D eigenvalue weighted by atomic mass is 35.5. The predicted octanol–water partition coefficient (Wildman–Crippen LogP) is 7.72. The molecule has 3 aromatic carbocycles. The summed E-state index contributed by atoms with van der Waals surface area (Å²) in [7, 11) is 0. The Hall–Kier alpha value is -5.36. The maximum Gasteiger partial charge on any atom is 0.410 e. The minimum Gasteiger partial charge on any atom is -0.459 e. The number of oxime groups is 1. The number of allylic oxidation sites excluding steroid dienone is 1. The molecule has 6 atom stereocenters. The molecular weight excluding hydrogens is 862 g/mol. The van der Waals surface area contributed by atoms with Crippen LogP contribution in [0.1, 0.15) is 72.3 Å². The van der Waals surface area contributed by atoms with Gasteiger partial charge >= 0.3 is 6.09 Å². The van der Waals surface area contributed by atoms with Crippen molar-refractivity contribution in [3.05, 3.63) is 118 Å². The SMILES string of the molecule is C=CCO[C@@]12Oc3ccc(Oc4cccc(C=O)c4)cc3[C@H]3[C@H](CCCCO)[C@@H](CCCCO)C=C(C(=NOCc4ccc([N+](=O)[O-])cc4)C[C@@H]1N(CCOCCO)C(=O)OCCCl)[C@H]32. The van der Waals surface area contributed by atoms with E-state index in [1.54, 1.807) is 48.5 Å². The van der Waals surface area contributed by atoms with Gasteiger partial charge in [0.15, 0.2) is 0 Å². The Morgan fingerprint density at radius 1 is 0.985 bits per heavy atom. The van der Waals surface area contributed by atoms with E-state index < -0.39 is 28.8 Å². The van der Waals surface area contributed by atoms with Gasteiger partial charge < -0.3 is 43.8 Å². The Morgan fingerprint density at radius 2 is 1.75 bits per heavy atom. The van der Waals surface area contributed by atoms with Crippen molar-refractivity contribution in [3.8, 4) is 17.2 Å². The van der Waals surface area contributed by atoms with E-state index >= 15 is 0 Å². The molecule has 3 aromatic rings. The molecule has 3 aliphatic rings. The molecule has 17 heteroatoms. The second-order valence-electron chi connectivity index (χ2n) is 16.1. The van der Waals surface area contributed by atoms with Crippen LogP contribution in [-0.4, -0.2) is 114 Å². The Bertz CT molecular complexity index is 2130. The van der Waals surface area contributed by atoms with Crippen LogP contribution in [0.25, 0.3) is 0 Å². The van der Waals surface area contributed by atoms with Crippen LogP contribution in [0, 0.1) is 27.9 Å². The molecule has 1 amide bonds. The summed E-state index contributed by atoms with van der Waals surface area (Å²) in [6, 6.07) is 17.4. The zero-order valence-corrected chi connectivity index (χ0v) is 37.1. The molecule has 0 saturated heterocycles. The highest BCUT2D eigenvalue weighted by Gasteiger charge is 2.65. The van der Waals surface area contributed by atoms with Gasteiger partial charge in [0.05, 0.1) is 48.9 Å². The van der Waals surface area contributed by atoms with Crippen molar-refractivity contribution in [2.24, 2.45) is 22.9 Å². The number of nitro benzene ring substituents is 1. The predicted molar refractivity (Wildman–Crippen MR) is 241 cm³/mol. The summed E-state index contributed by atoms with van der Waals surface area (Å²) < 4.78 is 32.0. The number of ether oxygens (including phenoxy) is 5. The number of benzene rings is 3. The molecule has 6 rings (SSSR count). The molecular formula is C48H58ClN3O13. The van der Waals surface area contributed by atoms with E-state index in [1.807, 2.05) is 12.1 Å². The normalized spacial score (nSPS) is 22.4. The first-order chi connectivity index (χ1) is 31.7. The minimum absolute atomic E-state index is 0.00487. The molecule has 0 unspecified atom stereocenters. The summed E-state index contributed by atoms with van der Waals surface area (Å²) in [5, 5.41) is 45.6. The molecule has 3 N–H and O–H groups in total. The number of aliphatic hydroxyl groups excluding tert-OH is 3. The number of amides is 1. The minimum atomic E-state index is -1.60. The standard InChI is InChI=1S/C48H58ClN3O13/c1-2-23-62-48-44(51(19-25-60-26-22-55)47(57)61-24-18-49)30-42(50-63-32-33-12-14-36(15-13-33)52(58)59)40-28-35(9-3-5-20-53)39(11-4-6-21-54)45(46(40)48)41-29-38(16-17-43(41)65-48)64-37-10-7-8-34(27-37)31-56/h2,7-8,10,12-17,27-29,31,35,39,44-46,53-55H,1,3-6,9,11,18-26,30,32H2/t35-,39+,44-,45+,46+,48+/m0/s1. The number of hydrogen-bond donors (Lipinski definition) is 3. The number of hydrogen-bond acceptors (Lipinski definition) is 14. The number of aldehydes is 1. The summed E-state index contributed by atoms with van der Waals surface area (Å²) in [4.78, 5) is 44.5. The number of halogens is 1. The third-order valence-corrected chi connectivity index (χ3v) is 12.2. The van der Waals surface area contributed by atoms with E-state index in [4.69, 9.17) is 45.3 Å². The van der Waals surface area contributed by atoms with Gasteiger partial charge in [0.25, 0.3) is 5.69 Å². The first-order valence-corrected chi connectivity index (χ1v) is 22.6. The van der Waals surface area contributed by atoms with Crippen LogP contribution in [0.4, 0.5) is 10.5 Å². The maximum absolute atomic E-state index is 14.3. The fraction of sp³-hybridized carbons (Fsp3) is 0.479. The van der Waals surface area contributed by atoms with Crippen molar-refractivity contribution >= 4 is 35.4 Å². The Kier molecular flexibility index (Phi) is 18.3. The average molecular weight is 920 g/mol. The van der Waals surface area contributed by atoms with Gasteiger partial charge in [-0.3, -0.25) is 19.8 Å². The Balaban J connectivity index is 1.57. The lowest BCUT2D eigenvalue weighted by molar-refractivity contribution is -0.384. The number of rotatable bonds is 26. The van der Waals surface area contributed by atoms with Gasteiger partial charge in [0, 0.05) is 55.4 Å². The van der Waals surface area contributed by atoms with Crippen molar-refractivity contribution in [2.75, 3.05) is 58.7 Å². The van der Waals surface area contributed by atoms with E-state index in [0.29, 0.717) is 59.8 Å². The quantitative estimate of drug-likeness (QED) is 0.0176. The third-order valence-electron chi connectivity index (χ3n) is 12.1. The molecule has 0 aromatic heterocycles. The summed E-state index contributed by atoms with van der Waals surface area (Å²) in [6.45, 7) is 3.81. The first-order valence-electron chi connectivity index (χ1n) is 22.1. The Morgan fingerprint density at radius 3 is 2.46 bits per heavy atom. The number of alkyl halides is 1. The average Bonchev–Trinajstić information content (AvgIpc) is 3.32. The monoisotopic (exact) mass is 919 g/mol. The molecule has 0 bridgehead atoms. The molecule has 350 valence electrons. The second-order valence-corrected chi connectivity index (χ2v) is 16.5. The largest absolute Gasteiger partial charge is 0.459 e. The molecule has 1 fully saturated rings. The van der Waals surface area contributed by atoms with Gasteiger partial charge in [-0.15, -0.1) is 18.2 Å². The van der Waals surface area contributed by atoms with Crippen LogP contribution in [0.3, 0.4) is 0 Å². The number of aliphatic hydroxyl groups is 3. The first kappa shape index (κ1) is 49.1. The molecule has 0 spiro atoms. The molecule has 1 saturated carbocycles. The van der Waals surface area contributed by atoms with E-state index in [9.17, 15) is 35.0 Å². The van der Waals surface area contributed by atoms with Crippen LogP contribution in [0.2, 0.25) is 0 Å². The number of non-ortho nitro benzene ring substituents is 1. The van der Waals surface area contributed by atoms with Crippen molar-refractivity contribution in [1.29, 1.82) is 0 Å². The molecule has 2 aliphatic carbocycles. The number of unbranched alkanes of at least 4 members (excludes halogenated alkanes) is 2. The summed E-state index contributed by atoms with van der Waals surface area (Å²) >= 11 is 6.03. The fourth-order valence-electron chi connectivity index (χ4n) is 9.31. The van der Waals surface area contributed by atoms with Crippen LogP contribution in [0.5, 0.6) is 17.2 Å². The molecule has 1 heterocycles. The van der Waals surface area contributed by atoms with E-state index in [0.717, 1.165) is 30.3 Å². The topological polar surface area (TPSA) is 209 Å². The highest BCUT2D eigenvalue weighted by molar-refractivity contribution is 6.18. The second kappa shape index (κ2) is 24.2. The summed E-state index contributed by atoms with van der Waals surface area (Å²) in [5.74, 6) is -1.26. The van der Waals surface area contributed by atoms with Gasteiger partial charge in [0.2, 0.25) is 5.79 Å². The zero-order chi connectivity index (χ0) is 46.2. The Labute approximate surface area is 383 Å². The third kappa shape index (κ3) is 11.9. The highest BCUT2D eigenvalue weighted by Crippen LogP contribution is 2.62. The number of carbonyl (C=O) groups is 2. The lowest BCUT2D eigenvalue weighted by Gasteiger charge is -2.59. The maximum atomic E-state index is 14.3. The van der Waals surface area contributed by atoms with Gasteiger partial charge in [-0.2, -0.15) is 0 Å². The molecule has 0 radical (unpaired) electrons. The smallest absolute Gasteiger partial charge is 0.410 e. The lowest BCUT2D eigenvalue weighted by atomic mass is 9.55. The summed E-state index contributed by atoms with van der Waals surface area (Å²) in [6.07, 6.45) is 7.96. The lowest BCUT2D eigenvalue weighted by Crippen LogP contribution is -2.70. The summed E-state index contributed by atoms with van der Waals surface area (Å²) in [5.41, 5.74) is 3.16. The molecule has 65 heavy (non-hydrogen) atoms. The van der Waals surface area contributed by atoms with E-state index in [2.05, 4.69) is 12.7 Å². The van der Waals surface area contributed by atoms with Crippen LogP contribution < -0.4 is 9.47 Å². The van der Waals surface area contributed by atoms with Crippen molar-refractivity contribution in [3.63, 3.8) is 0 Å². The van der Waals surface area contributed by atoms with Crippen molar-refractivity contribution in [1.82, 2.24) is 4.90 Å². The fourth-order valence-corrected chi connectivity index (χ4v) is 9.39. The van der Waals surface area contributed by atoms with Gasteiger partial charge in [-0.1, -0.05) is 42.3 Å². The number of nitrogens with zero attached hydrogens (tertiary/aromatic N) is 3. The van der Waals surface area contributed by atoms with Gasteiger partial charge in [0.1, 0.15) is 42.8 Å². The van der Waals surface area contributed by atoms with Gasteiger partial charge in [-0.25, -0.2) is 4.79 Å². The van der Waals surface area contributed by atoms with Crippen LogP contribution >= 0.6 is 11.6 Å². The van der Waals surface area contributed by atoms with Crippen LogP contribution in [-0.2, 0) is 25.7 Å². The zero-order valence-electron chi connectivity index (χ0n) is 36.3.